The van der Waals surface area contributed by atoms with Gasteiger partial charge in [0.05, 0.1) is 31.2 Å². The highest BCUT2D eigenvalue weighted by atomic mass is 32.2. The third-order valence-electron chi connectivity index (χ3n) is 2.82. The largest absolute Gasteiger partial charge is 0.522 e. The van der Waals surface area contributed by atoms with Crippen molar-refractivity contribution in [3.63, 3.8) is 0 Å². The number of sulfone groups is 1. The zero-order chi connectivity index (χ0) is 15.4. The van der Waals surface area contributed by atoms with E-state index in [9.17, 15) is 26.4 Å². The van der Waals surface area contributed by atoms with Gasteiger partial charge in [0.2, 0.25) is 0 Å². The molecule has 1 atom stereocenters. The molecule has 0 bridgehead atoms. The summed E-state index contributed by atoms with van der Waals surface area (Å²) in [4.78, 5) is 11.6. The molecular weight excluding hydrogens is 303 g/mol. The molecule has 0 aromatic rings. The molecule has 1 rings (SSSR count). The quantitative estimate of drug-likeness (QED) is 0.642. The molecule has 6 nitrogen and oxygen atoms in total. The van der Waals surface area contributed by atoms with Crippen LogP contribution in [0.15, 0.2) is 0 Å². The lowest BCUT2D eigenvalue weighted by Crippen LogP contribution is -3.15. The van der Waals surface area contributed by atoms with Crippen molar-refractivity contribution in [2.45, 2.75) is 19.4 Å². The topological polar surface area (TPSA) is 74.1 Å². The minimum atomic E-state index is -4.79. The van der Waals surface area contributed by atoms with Crippen molar-refractivity contribution >= 4 is 15.8 Å². The molecule has 10 heteroatoms. The lowest BCUT2D eigenvalue weighted by Gasteiger charge is -2.27. The molecule has 1 fully saturated rings. The summed E-state index contributed by atoms with van der Waals surface area (Å²) in [7, 11) is -3.05. The van der Waals surface area contributed by atoms with Gasteiger partial charge in [0.15, 0.2) is 15.9 Å². The molecule has 0 aromatic carbocycles. The first-order valence-corrected chi connectivity index (χ1v) is 7.81. The molecule has 0 aliphatic carbocycles. The predicted octanol–water partition coefficient (Wildman–Crippen LogP) is -1.23. The van der Waals surface area contributed by atoms with E-state index in [2.05, 4.69) is 4.74 Å². The second-order valence-electron chi connectivity index (χ2n) is 4.59. The fourth-order valence-corrected chi connectivity index (χ4v) is 3.31. The first-order valence-electron chi connectivity index (χ1n) is 5.99. The number of nitrogens with one attached hydrogen (secondary N) is 1. The average molecular weight is 320 g/mol. The Morgan fingerprint density at radius 1 is 1.30 bits per heavy atom. The highest BCUT2D eigenvalue weighted by molar-refractivity contribution is 7.91. The Balaban J connectivity index is 2.50. The first kappa shape index (κ1) is 17.2. The first-order chi connectivity index (χ1) is 9.07. The van der Waals surface area contributed by atoms with Gasteiger partial charge in [-0.1, -0.05) is 0 Å². The van der Waals surface area contributed by atoms with E-state index in [-0.39, 0.29) is 31.1 Å². The van der Waals surface area contributed by atoms with Gasteiger partial charge in [-0.15, -0.1) is 13.2 Å². The van der Waals surface area contributed by atoms with Gasteiger partial charge in [0.25, 0.3) is 0 Å². The van der Waals surface area contributed by atoms with Gasteiger partial charge in [0.1, 0.15) is 6.54 Å². The molecule has 1 saturated heterocycles. The fraction of sp³-hybridized carbons (Fsp3) is 0.900. The number of halogens is 3. The molecule has 1 aliphatic rings. The van der Waals surface area contributed by atoms with E-state index in [4.69, 9.17) is 4.74 Å². The van der Waals surface area contributed by atoms with Crippen molar-refractivity contribution in [1.29, 1.82) is 0 Å². The van der Waals surface area contributed by atoms with E-state index < -0.39 is 34.9 Å². The van der Waals surface area contributed by atoms with Crippen LogP contribution in [0.3, 0.4) is 0 Å². The number of carbonyl (C=O) groups excluding carboxylic acids is 1. The Morgan fingerprint density at radius 2 is 1.85 bits per heavy atom. The minimum Gasteiger partial charge on any atom is -0.454 e. The van der Waals surface area contributed by atoms with E-state index in [1.807, 2.05) is 0 Å². The monoisotopic (exact) mass is 320 g/mol. The maximum absolute atomic E-state index is 12.0. The Hall–Kier alpha value is -0.870. The van der Waals surface area contributed by atoms with E-state index in [1.54, 1.807) is 0 Å². The Bertz CT molecular complexity index is 423. The van der Waals surface area contributed by atoms with Crippen molar-refractivity contribution in [2.24, 2.45) is 0 Å². The lowest BCUT2D eigenvalue weighted by molar-refractivity contribution is -0.899. The SMILES string of the molecule is CC(=O)OC(COC(F)(F)F)C[NH+]1CCS(=O)(=O)CC1. The van der Waals surface area contributed by atoms with Crippen molar-refractivity contribution in [3.05, 3.63) is 0 Å². The van der Waals surface area contributed by atoms with Crippen molar-refractivity contribution < 1.29 is 40.8 Å². The number of carbonyl (C=O) groups is 1. The lowest BCUT2D eigenvalue weighted by atomic mass is 10.3. The normalized spacial score (nSPS) is 21.4. The highest BCUT2D eigenvalue weighted by Crippen LogP contribution is 2.16. The second-order valence-corrected chi connectivity index (χ2v) is 6.90. The molecule has 1 heterocycles. The molecule has 1 aliphatic heterocycles. The summed E-state index contributed by atoms with van der Waals surface area (Å²) in [6.45, 7) is 0.958. The zero-order valence-electron chi connectivity index (χ0n) is 10.9. The Labute approximate surface area is 114 Å². The summed E-state index contributed by atoms with van der Waals surface area (Å²) in [6, 6.07) is 0. The summed E-state index contributed by atoms with van der Waals surface area (Å²) in [6.07, 6.45) is -5.84. The predicted molar refractivity (Wildman–Crippen MR) is 61.8 cm³/mol. The smallest absolute Gasteiger partial charge is 0.454 e. The van der Waals surface area contributed by atoms with E-state index >= 15 is 0 Å². The number of rotatable bonds is 5. The van der Waals surface area contributed by atoms with Crippen LogP contribution in [0.4, 0.5) is 13.2 Å². The van der Waals surface area contributed by atoms with E-state index in [0.29, 0.717) is 0 Å². The summed E-state index contributed by atoms with van der Waals surface area (Å²) >= 11 is 0. The van der Waals surface area contributed by atoms with Gasteiger partial charge in [-0.25, -0.2) is 8.42 Å². The van der Waals surface area contributed by atoms with Gasteiger partial charge in [-0.2, -0.15) is 0 Å². The van der Waals surface area contributed by atoms with Crippen LogP contribution in [0.5, 0.6) is 0 Å². The van der Waals surface area contributed by atoms with Gasteiger partial charge >= 0.3 is 12.3 Å². The molecule has 1 unspecified atom stereocenters. The van der Waals surface area contributed by atoms with Crippen LogP contribution in [-0.4, -0.2) is 64.6 Å². The van der Waals surface area contributed by atoms with Gasteiger partial charge in [-0.3, -0.25) is 9.53 Å². The summed E-state index contributed by atoms with van der Waals surface area (Å²) < 4.78 is 66.9. The molecule has 20 heavy (non-hydrogen) atoms. The van der Waals surface area contributed by atoms with Crippen LogP contribution >= 0.6 is 0 Å². The van der Waals surface area contributed by atoms with Gasteiger partial charge in [-0.05, 0) is 0 Å². The molecule has 0 amide bonds. The number of esters is 1. The molecule has 0 saturated carbocycles. The summed E-state index contributed by atoms with van der Waals surface area (Å²) in [5.74, 6) is -0.741. The van der Waals surface area contributed by atoms with Crippen molar-refractivity contribution in [2.75, 3.05) is 37.7 Å². The fourth-order valence-electron chi connectivity index (χ4n) is 1.91. The summed E-state index contributed by atoms with van der Waals surface area (Å²) in [5, 5.41) is 0. The third kappa shape index (κ3) is 7.06. The van der Waals surface area contributed by atoms with Crippen molar-refractivity contribution in [1.82, 2.24) is 0 Å². The maximum atomic E-state index is 12.0. The van der Waals surface area contributed by atoms with Crippen LogP contribution in [0.2, 0.25) is 0 Å². The Kier molecular flexibility index (Phi) is 5.78. The molecule has 118 valence electrons. The average Bonchev–Trinajstić information content (AvgIpc) is 2.27. The molecular formula is C10H17F3NO5S+. The number of ether oxygens (including phenoxy) is 2. The van der Waals surface area contributed by atoms with Crippen LogP contribution in [0, 0.1) is 0 Å². The molecule has 0 aromatic heterocycles. The molecule has 0 radical (unpaired) electrons. The number of hydrogen-bond donors (Lipinski definition) is 1. The number of alkyl halides is 3. The second kappa shape index (κ2) is 6.72. The zero-order valence-corrected chi connectivity index (χ0v) is 11.7. The van der Waals surface area contributed by atoms with Crippen molar-refractivity contribution in [3.8, 4) is 0 Å². The third-order valence-corrected chi connectivity index (χ3v) is 4.47. The van der Waals surface area contributed by atoms with Crippen LogP contribution in [0.1, 0.15) is 6.92 Å². The summed E-state index contributed by atoms with van der Waals surface area (Å²) in [5.41, 5.74) is 0. The minimum absolute atomic E-state index is 0.0186. The Morgan fingerprint density at radius 3 is 2.30 bits per heavy atom. The van der Waals surface area contributed by atoms with E-state index in [1.165, 1.54) is 0 Å². The standard InChI is InChI=1S/C10H16F3NO5S/c1-8(15)19-9(7-18-10(11,12)13)6-14-2-4-20(16,17)5-3-14/h9H,2-7H2,1H3/p+1. The van der Waals surface area contributed by atoms with Crippen LogP contribution < -0.4 is 4.90 Å². The maximum Gasteiger partial charge on any atom is 0.522 e. The van der Waals surface area contributed by atoms with Gasteiger partial charge in [0, 0.05) is 6.92 Å². The van der Waals surface area contributed by atoms with E-state index in [0.717, 1.165) is 11.8 Å². The van der Waals surface area contributed by atoms with Crippen LogP contribution in [-0.2, 0) is 24.1 Å². The molecule has 0 spiro atoms. The van der Waals surface area contributed by atoms with Gasteiger partial charge < -0.3 is 9.64 Å². The number of hydrogen-bond acceptors (Lipinski definition) is 5. The van der Waals surface area contributed by atoms with Crippen LogP contribution in [0.25, 0.3) is 0 Å². The number of quaternary nitrogens is 1. The molecule has 1 N–H and O–H groups in total. The highest BCUT2D eigenvalue weighted by Gasteiger charge is 2.33.